The zero-order valence-electron chi connectivity index (χ0n) is 14.2. The van der Waals surface area contributed by atoms with Crippen LogP contribution in [0.15, 0.2) is 59.5 Å². The van der Waals surface area contributed by atoms with Crippen molar-refractivity contribution in [1.29, 1.82) is 0 Å². The molecule has 0 fully saturated rings. The molecule has 1 unspecified atom stereocenters. The second-order valence-corrected chi connectivity index (χ2v) is 5.67. The number of pyridine rings is 1. The highest BCUT2D eigenvalue weighted by Gasteiger charge is 2.29. The molecule has 1 aromatic heterocycles. The lowest BCUT2D eigenvalue weighted by Crippen LogP contribution is -3.00. The molecule has 1 N–H and O–H groups in total. The number of carbonyl (C=O) groups is 2. The van der Waals surface area contributed by atoms with E-state index in [0.717, 1.165) is 0 Å². The van der Waals surface area contributed by atoms with Crippen LogP contribution >= 0.6 is 0 Å². The van der Waals surface area contributed by atoms with Gasteiger partial charge in [0.1, 0.15) is 0 Å². The molecule has 1 heterocycles. The Morgan fingerprint density at radius 2 is 1.72 bits per heavy atom. The number of hydrogen-bond donors (Lipinski definition) is 1. The molecule has 134 valence electrons. The average Bonchev–Trinajstić information content (AvgIpc) is 2.57. The summed E-state index contributed by atoms with van der Waals surface area (Å²) in [6.07, 6.45) is 1.46. The molecule has 7 heteroatoms. The van der Waals surface area contributed by atoms with Gasteiger partial charge >= 0.3 is 0 Å². The van der Waals surface area contributed by atoms with Gasteiger partial charge in [-0.3, -0.25) is 19.0 Å². The molecule has 0 aliphatic carbocycles. The summed E-state index contributed by atoms with van der Waals surface area (Å²) in [5.74, 6) is -0.898. The smallest absolute Gasteiger partial charge is 0.251 e. The molecule has 0 spiro atoms. The van der Waals surface area contributed by atoms with E-state index in [2.05, 4.69) is 5.32 Å². The molecule has 1 aromatic carbocycles. The van der Waals surface area contributed by atoms with Gasteiger partial charge in [0.25, 0.3) is 11.5 Å². The Labute approximate surface area is 152 Å². The molecule has 0 saturated carbocycles. The fourth-order valence-electron chi connectivity index (χ4n) is 2.28. The Morgan fingerprint density at radius 1 is 1.08 bits per heavy atom. The van der Waals surface area contributed by atoms with Crippen LogP contribution in [0.1, 0.15) is 16.4 Å². The number of hydrogen-bond acceptors (Lipinski definition) is 4. The van der Waals surface area contributed by atoms with E-state index in [9.17, 15) is 14.4 Å². The normalized spacial score (nSPS) is 11.5. The maximum atomic E-state index is 12.8. The maximum Gasteiger partial charge on any atom is 0.251 e. The summed E-state index contributed by atoms with van der Waals surface area (Å²) in [4.78, 5) is 39.4. The van der Waals surface area contributed by atoms with Gasteiger partial charge in [-0.1, -0.05) is 36.4 Å². The van der Waals surface area contributed by atoms with Gasteiger partial charge in [-0.25, -0.2) is 0 Å². The summed E-state index contributed by atoms with van der Waals surface area (Å²) in [7, 11) is 3.78. The number of likely N-dealkylation sites (N-methyl/N-ethyl adjacent to an activating group) is 1. The van der Waals surface area contributed by atoms with Crippen LogP contribution in [-0.4, -0.2) is 48.3 Å². The SMILES string of the molecule is CN(C)CCNC(=O)C(C(=O)c1ccccc1)n1ccccc1=O.[Cl-]. The summed E-state index contributed by atoms with van der Waals surface area (Å²) < 4.78 is 1.17. The Hall–Kier alpha value is -2.44. The van der Waals surface area contributed by atoms with Gasteiger partial charge in [-0.2, -0.15) is 0 Å². The van der Waals surface area contributed by atoms with E-state index in [4.69, 9.17) is 0 Å². The molecule has 1 atom stereocenters. The van der Waals surface area contributed by atoms with E-state index in [0.29, 0.717) is 18.7 Å². The van der Waals surface area contributed by atoms with Gasteiger partial charge in [0.2, 0.25) is 0 Å². The lowest BCUT2D eigenvalue weighted by atomic mass is 10.0. The van der Waals surface area contributed by atoms with Crippen molar-refractivity contribution in [3.63, 3.8) is 0 Å². The molecule has 0 bridgehead atoms. The van der Waals surface area contributed by atoms with E-state index in [1.165, 1.54) is 16.8 Å². The lowest BCUT2D eigenvalue weighted by molar-refractivity contribution is -0.123. The average molecular weight is 363 g/mol. The number of amides is 1. The fourth-order valence-corrected chi connectivity index (χ4v) is 2.28. The molecule has 2 aromatic rings. The van der Waals surface area contributed by atoms with Gasteiger partial charge in [0.15, 0.2) is 11.8 Å². The molecule has 6 nitrogen and oxygen atoms in total. The topological polar surface area (TPSA) is 71.4 Å². The third-order valence-corrected chi connectivity index (χ3v) is 3.54. The van der Waals surface area contributed by atoms with Crippen LogP contribution in [0.2, 0.25) is 0 Å². The Morgan fingerprint density at radius 3 is 2.32 bits per heavy atom. The molecule has 2 rings (SSSR count). The Balaban J connectivity index is 0.00000312. The first-order valence-electron chi connectivity index (χ1n) is 7.69. The number of Topliss-reactive ketones (excluding diaryl/α,β-unsaturated/α-hetero) is 1. The molecule has 0 aliphatic heterocycles. The number of carbonyl (C=O) groups excluding carboxylic acids is 2. The van der Waals surface area contributed by atoms with Crippen LogP contribution in [-0.2, 0) is 4.79 Å². The first kappa shape index (κ1) is 20.6. The monoisotopic (exact) mass is 362 g/mol. The van der Waals surface area contributed by atoms with Crippen LogP contribution in [0.5, 0.6) is 0 Å². The number of ketones is 1. The summed E-state index contributed by atoms with van der Waals surface area (Å²) in [6, 6.07) is 11.8. The predicted octanol–water partition coefficient (Wildman–Crippen LogP) is -2.05. The molecule has 1 amide bonds. The number of rotatable bonds is 7. The van der Waals surface area contributed by atoms with Crippen molar-refractivity contribution in [2.75, 3.05) is 27.2 Å². The first-order valence-corrected chi connectivity index (χ1v) is 7.69. The molecule has 0 saturated heterocycles. The molecular formula is C18H21ClN3O3-. The molecular weight excluding hydrogens is 342 g/mol. The zero-order chi connectivity index (χ0) is 17.5. The van der Waals surface area contributed by atoms with Crippen LogP contribution in [0.4, 0.5) is 0 Å². The van der Waals surface area contributed by atoms with Gasteiger partial charge < -0.3 is 22.6 Å². The number of nitrogens with one attached hydrogen (secondary N) is 1. The minimum Gasteiger partial charge on any atom is -1.00 e. The Bertz CT molecular complexity index is 759. The standard InChI is InChI=1S/C18H21N3O3.ClH/c1-20(2)13-11-19-18(24)16(21-12-7-6-10-15(21)22)17(23)14-8-4-3-5-9-14;/h3-10,12,16H,11,13H2,1-2H3,(H,19,24);1H/p-1. The van der Waals surface area contributed by atoms with Crippen LogP contribution in [0.3, 0.4) is 0 Å². The van der Waals surface area contributed by atoms with Crippen molar-refractivity contribution in [3.05, 3.63) is 70.6 Å². The maximum absolute atomic E-state index is 12.8. The summed E-state index contributed by atoms with van der Waals surface area (Å²) in [5, 5.41) is 2.73. The molecule has 0 aliphatic rings. The minimum absolute atomic E-state index is 0. The third kappa shape index (κ3) is 5.55. The minimum atomic E-state index is -1.22. The van der Waals surface area contributed by atoms with Gasteiger partial charge in [0, 0.05) is 30.9 Å². The quantitative estimate of drug-likeness (QED) is 0.455. The van der Waals surface area contributed by atoms with Gasteiger partial charge in [0.05, 0.1) is 0 Å². The first-order chi connectivity index (χ1) is 11.5. The van der Waals surface area contributed by atoms with Gasteiger partial charge in [-0.15, -0.1) is 0 Å². The largest absolute Gasteiger partial charge is 1.00 e. The highest BCUT2D eigenvalue weighted by atomic mass is 35.5. The number of halogens is 1. The van der Waals surface area contributed by atoms with Crippen LogP contribution < -0.4 is 23.3 Å². The summed E-state index contributed by atoms with van der Waals surface area (Å²) in [5.41, 5.74) is -0.00412. The van der Waals surface area contributed by atoms with E-state index >= 15 is 0 Å². The number of nitrogens with zero attached hydrogens (tertiary/aromatic N) is 2. The van der Waals surface area contributed by atoms with Crippen molar-refractivity contribution < 1.29 is 22.0 Å². The fraction of sp³-hybridized carbons (Fsp3) is 0.278. The van der Waals surface area contributed by atoms with E-state index < -0.39 is 23.3 Å². The second-order valence-electron chi connectivity index (χ2n) is 5.67. The van der Waals surface area contributed by atoms with Gasteiger partial charge in [-0.05, 0) is 20.2 Å². The zero-order valence-corrected chi connectivity index (χ0v) is 14.9. The molecule has 25 heavy (non-hydrogen) atoms. The molecule has 0 radical (unpaired) electrons. The predicted molar refractivity (Wildman–Crippen MR) is 92.1 cm³/mol. The third-order valence-electron chi connectivity index (χ3n) is 3.54. The highest BCUT2D eigenvalue weighted by molar-refractivity contribution is 6.11. The highest BCUT2D eigenvalue weighted by Crippen LogP contribution is 2.13. The lowest BCUT2D eigenvalue weighted by Gasteiger charge is -2.19. The van der Waals surface area contributed by atoms with E-state index in [1.807, 2.05) is 19.0 Å². The summed E-state index contributed by atoms with van der Waals surface area (Å²) >= 11 is 0. The second kappa shape index (κ2) is 9.76. The van der Waals surface area contributed by atoms with Crippen molar-refractivity contribution in [2.24, 2.45) is 0 Å². The summed E-state index contributed by atoms with van der Waals surface area (Å²) in [6.45, 7) is 1.04. The van der Waals surface area contributed by atoms with Crippen molar-refractivity contribution in [3.8, 4) is 0 Å². The van der Waals surface area contributed by atoms with Crippen molar-refractivity contribution in [1.82, 2.24) is 14.8 Å². The number of benzene rings is 1. The van der Waals surface area contributed by atoms with Crippen molar-refractivity contribution in [2.45, 2.75) is 6.04 Å². The van der Waals surface area contributed by atoms with Crippen LogP contribution in [0, 0.1) is 0 Å². The van der Waals surface area contributed by atoms with Crippen molar-refractivity contribution >= 4 is 11.7 Å². The van der Waals surface area contributed by atoms with E-state index in [1.54, 1.807) is 42.5 Å². The Kier molecular flexibility index (Phi) is 8.04. The number of aromatic nitrogens is 1. The van der Waals surface area contributed by atoms with Crippen LogP contribution in [0.25, 0.3) is 0 Å². The van der Waals surface area contributed by atoms with E-state index in [-0.39, 0.29) is 12.4 Å².